The van der Waals surface area contributed by atoms with Crippen molar-refractivity contribution in [1.29, 1.82) is 0 Å². The molecular weight excluding hydrogens is 498 g/mol. The van der Waals surface area contributed by atoms with Gasteiger partial charge < -0.3 is 26.0 Å². The number of aryl methyl sites for hydroxylation is 1. The number of methoxy groups -OCH3 is 1. The van der Waals surface area contributed by atoms with Gasteiger partial charge in [-0.25, -0.2) is 4.79 Å². The number of benzene rings is 1. The van der Waals surface area contributed by atoms with Gasteiger partial charge in [-0.3, -0.25) is 19.2 Å². The van der Waals surface area contributed by atoms with E-state index in [2.05, 4.69) is 15.7 Å². The highest BCUT2D eigenvalue weighted by molar-refractivity contribution is 5.99. The smallest absolute Gasteiger partial charge is 0.323 e. The van der Waals surface area contributed by atoms with E-state index >= 15 is 0 Å². The fourth-order valence-electron chi connectivity index (χ4n) is 5.12. The lowest BCUT2D eigenvalue weighted by molar-refractivity contribution is -0.133. The minimum Gasteiger partial charge on any atom is -0.497 e. The van der Waals surface area contributed by atoms with Crippen molar-refractivity contribution in [3.8, 4) is 5.75 Å². The lowest BCUT2D eigenvalue weighted by Gasteiger charge is -2.43. The molecule has 1 unspecified atom stereocenters. The molecule has 11 heteroatoms. The summed E-state index contributed by atoms with van der Waals surface area (Å²) < 4.78 is 6.75. The highest BCUT2D eigenvalue weighted by Crippen LogP contribution is 2.25. The van der Waals surface area contributed by atoms with Crippen molar-refractivity contribution in [3.63, 3.8) is 0 Å². The number of hydrogen-bond acceptors (Lipinski definition) is 6. The number of nitrogens with one attached hydrogen (secondary N) is 2. The quantitative estimate of drug-likeness (QED) is 0.535. The number of rotatable bonds is 5. The van der Waals surface area contributed by atoms with Crippen LogP contribution in [0.4, 0.5) is 10.5 Å². The maximum absolute atomic E-state index is 13.9. The summed E-state index contributed by atoms with van der Waals surface area (Å²) in [6, 6.07) is 8.36. The van der Waals surface area contributed by atoms with Crippen LogP contribution >= 0.6 is 0 Å². The Morgan fingerprint density at radius 3 is 2.26 bits per heavy atom. The van der Waals surface area contributed by atoms with Gasteiger partial charge in [-0.2, -0.15) is 5.10 Å². The summed E-state index contributed by atoms with van der Waals surface area (Å²) in [4.78, 5) is 44.1. The number of anilines is 1. The standard InChI is InChI=1S/C28H41N7O4/c1-28(2,3)23-17-22(33(4)32-23)26(37)34-15-6-16-35(27(38)31-20-11-13-21(39-5)14-12-20)25(34)24(36)30-19-9-7-18(29)8-10-19/h11-14,17-19,25H,6-10,15-16,29H2,1-5H3,(H,30,36)(H,31,38). The van der Waals surface area contributed by atoms with Crippen molar-refractivity contribution in [2.45, 2.75) is 76.5 Å². The molecule has 1 aliphatic carbocycles. The molecule has 1 aromatic heterocycles. The monoisotopic (exact) mass is 539 g/mol. The lowest BCUT2D eigenvalue weighted by Crippen LogP contribution is -2.65. The van der Waals surface area contributed by atoms with Crippen molar-refractivity contribution in [1.82, 2.24) is 24.9 Å². The summed E-state index contributed by atoms with van der Waals surface area (Å²) in [5.41, 5.74) is 7.52. The van der Waals surface area contributed by atoms with Crippen molar-refractivity contribution in [2.75, 3.05) is 25.5 Å². The molecule has 11 nitrogen and oxygen atoms in total. The fourth-order valence-corrected chi connectivity index (χ4v) is 5.12. The number of aromatic nitrogens is 2. The second-order valence-electron chi connectivity index (χ2n) is 11.5. The molecule has 2 aromatic rings. The van der Waals surface area contributed by atoms with Gasteiger partial charge in [-0.15, -0.1) is 0 Å². The summed E-state index contributed by atoms with van der Waals surface area (Å²) in [6.45, 7) is 6.76. The van der Waals surface area contributed by atoms with E-state index in [9.17, 15) is 14.4 Å². The van der Waals surface area contributed by atoms with Crippen LogP contribution in [0.2, 0.25) is 0 Å². The van der Waals surface area contributed by atoms with Gasteiger partial charge in [0, 0.05) is 43.3 Å². The topological polar surface area (TPSA) is 135 Å². The molecule has 1 saturated carbocycles. The molecule has 0 radical (unpaired) electrons. The van der Waals surface area contributed by atoms with Crippen LogP contribution in [-0.4, -0.2) is 75.9 Å². The molecule has 4 N–H and O–H groups in total. The Morgan fingerprint density at radius 2 is 1.67 bits per heavy atom. The van der Waals surface area contributed by atoms with E-state index in [0.717, 1.165) is 31.4 Å². The van der Waals surface area contributed by atoms with Crippen molar-refractivity contribution in [3.05, 3.63) is 41.7 Å². The maximum atomic E-state index is 13.9. The van der Waals surface area contributed by atoms with Crippen molar-refractivity contribution < 1.29 is 19.1 Å². The Hall–Kier alpha value is -3.60. The molecule has 39 heavy (non-hydrogen) atoms. The molecule has 1 aromatic carbocycles. The molecule has 4 rings (SSSR count). The van der Waals surface area contributed by atoms with Gasteiger partial charge >= 0.3 is 6.03 Å². The van der Waals surface area contributed by atoms with E-state index in [1.54, 1.807) is 49.2 Å². The SMILES string of the molecule is COc1ccc(NC(=O)N2CCCN(C(=O)c3cc(C(C)(C)C)nn3C)C2C(=O)NC2CCC(N)CC2)cc1. The predicted molar refractivity (Wildman–Crippen MR) is 148 cm³/mol. The van der Waals surface area contributed by atoms with Crippen molar-refractivity contribution >= 4 is 23.5 Å². The van der Waals surface area contributed by atoms with E-state index in [4.69, 9.17) is 10.5 Å². The number of urea groups is 1. The molecule has 4 amide bonds. The van der Waals surface area contributed by atoms with Crippen LogP contribution in [0.3, 0.4) is 0 Å². The van der Waals surface area contributed by atoms with Crippen LogP contribution in [0.15, 0.2) is 30.3 Å². The number of hydrogen-bond donors (Lipinski definition) is 3. The second-order valence-corrected chi connectivity index (χ2v) is 11.5. The zero-order valence-electron chi connectivity index (χ0n) is 23.6. The van der Waals surface area contributed by atoms with Crippen LogP contribution < -0.4 is 21.1 Å². The van der Waals surface area contributed by atoms with Crippen molar-refractivity contribution in [2.24, 2.45) is 12.8 Å². The van der Waals surface area contributed by atoms with Gasteiger partial charge in [0.2, 0.25) is 0 Å². The number of nitrogens with two attached hydrogens (primary N) is 1. The molecule has 2 fully saturated rings. The van der Waals surface area contributed by atoms with Crippen LogP contribution in [0, 0.1) is 0 Å². The number of nitrogens with zero attached hydrogens (tertiary/aromatic N) is 4. The summed E-state index contributed by atoms with van der Waals surface area (Å²) in [5.74, 6) is -0.0436. The summed E-state index contributed by atoms with van der Waals surface area (Å²) in [6.07, 6.45) is 2.61. The van der Waals surface area contributed by atoms with E-state index in [-0.39, 0.29) is 29.3 Å². The second kappa shape index (κ2) is 11.6. The van der Waals surface area contributed by atoms with E-state index in [1.165, 1.54) is 9.80 Å². The highest BCUT2D eigenvalue weighted by atomic mass is 16.5. The molecule has 0 bridgehead atoms. The zero-order chi connectivity index (χ0) is 28.3. The molecule has 0 spiro atoms. The van der Waals surface area contributed by atoms with Gasteiger partial charge in [0.15, 0.2) is 6.17 Å². The molecule has 1 atom stereocenters. The Morgan fingerprint density at radius 1 is 1.03 bits per heavy atom. The van der Waals surface area contributed by atoms with Gasteiger partial charge in [-0.1, -0.05) is 20.8 Å². The molecule has 1 aliphatic heterocycles. The van der Waals surface area contributed by atoms with Crippen LogP contribution in [0.1, 0.15) is 69.1 Å². The molecule has 1 saturated heterocycles. The number of amides is 4. The average molecular weight is 540 g/mol. The number of ether oxygens (including phenoxy) is 1. The first kappa shape index (κ1) is 28.4. The Kier molecular flexibility index (Phi) is 8.48. The minimum absolute atomic E-state index is 0.0492. The van der Waals surface area contributed by atoms with Gasteiger partial charge in [-0.05, 0) is 62.4 Å². The molecule has 2 aliphatic rings. The third-order valence-electron chi connectivity index (χ3n) is 7.47. The largest absolute Gasteiger partial charge is 0.497 e. The number of carbonyl (C=O) groups excluding carboxylic acids is 3. The fraction of sp³-hybridized carbons (Fsp3) is 0.571. The minimum atomic E-state index is -1.10. The van der Waals surface area contributed by atoms with E-state index in [0.29, 0.717) is 36.6 Å². The van der Waals surface area contributed by atoms with Gasteiger partial charge in [0.1, 0.15) is 11.4 Å². The first-order chi connectivity index (χ1) is 18.5. The predicted octanol–water partition coefficient (Wildman–Crippen LogP) is 2.82. The van der Waals surface area contributed by atoms with Gasteiger partial charge in [0.25, 0.3) is 11.8 Å². The average Bonchev–Trinajstić information content (AvgIpc) is 3.31. The Balaban J connectivity index is 1.61. The van der Waals surface area contributed by atoms with Crippen LogP contribution in [0.25, 0.3) is 0 Å². The van der Waals surface area contributed by atoms with Gasteiger partial charge in [0.05, 0.1) is 12.8 Å². The summed E-state index contributed by atoms with van der Waals surface area (Å²) >= 11 is 0. The first-order valence-electron chi connectivity index (χ1n) is 13.6. The zero-order valence-corrected chi connectivity index (χ0v) is 23.6. The molecular formula is C28H41N7O4. The third kappa shape index (κ3) is 6.52. The third-order valence-corrected chi connectivity index (χ3v) is 7.47. The highest BCUT2D eigenvalue weighted by Gasteiger charge is 2.42. The first-order valence-corrected chi connectivity index (χ1v) is 13.6. The van der Waals surface area contributed by atoms with Crippen LogP contribution in [-0.2, 0) is 17.3 Å². The molecule has 212 valence electrons. The maximum Gasteiger partial charge on any atom is 0.323 e. The Labute approximate surface area is 230 Å². The lowest BCUT2D eigenvalue weighted by atomic mass is 9.91. The summed E-state index contributed by atoms with van der Waals surface area (Å²) in [5, 5.41) is 10.5. The normalized spacial score (nSPS) is 21.8. The Bertz CT molecular complexity index is 1180. The van der Waals surface area contributed by atoms with E-state index in [1.807, 2.05) is 20.8 Å². The molecule has 2 heterocycles. The van der Waals surface area contributed by atoms with E-state index < -0.39 is 12.2 Å². The summed E-state index contributed by atoms with van der Waals surface area (Å²) in [7, 11) is 3.30. The number of carbonyl (C=O) groups is 3. The van der Waals surface area contributed by atoms with Crippen LogP contribution in [0.5, 0.6) is 5.75 Å².